The smallest absolute Gasteiger partial charge is 0.305 e. The Morgan fingerprint density at radius 3 is 2.67 bits per heavy atom. The van der Waals surface area contributed by atoms with Crippen LogP contribution in [-0.2, 0) is 9.53 Å². The van der Waals surface area contributed by atoms with Crippen molar-refractivity contribution in [2.75, 3.05) is 26.7 Å². The molecule has 0 amide bonds. The van der Waals surface area contributed by atoms with Gasteiger partial charge in [0.2, 0.25) is 0 Å². The number of esters is 1. The summed E-state index contributed by atoms with van der Waals surface area (Å²) in [5.41, 5.74) is 0. The van der Waals surface area contributed by atoms with Crippen molar-refractivity contribution in [3.8, 4) is 0 Å². The molecule has 0 spiro atoms. The van der Waals surface area contributed by atoms with Gasteiger partial charge in [-0.1, -0.05) is 13.3 Å². The van der Waals surface area contributed by atoms with E-state index in [4.69, 9.17) is 4.74 Å². The summed E-state index contributed by atoms with van der Waals surface area (Å²) in [5, 5.41) is 3.76. The lowest BCUT2D eigenvalue weighted by Gasteiger charge is -2.41. The van der Waals surface area contributed by atoms with E-state index in [1.165, 1.54) is 32.8 Å². The third-order valence-corrected chi connectivity index (χ3v) is 5.38. The van der Waals surface area contributed by atoms with E-state index in [2.05, 4.69) is 24.1 Å². The highest BCUT2D eigenvalue weighted by molar-refractivity contribution is 5.69. The van der Waals surface area contributed by atoms with E-state index >= 15 is 0 Å². The lowest BCUT2D eigenvalue weighted by atomic mass is 9.84. The minimum Gasteiger partial charge on any atom is -0.469 e. The Labute approximate surface area is 129 Å². The zero-order valence-electron chi connectivity index (χ0n) is 13.9. The molecule has 2 aliphatic rings. The number of piperidine rings is 1. The van der Waals surface area contributed by atoms with Crippen molar-refractivity contribution >= 4 is 5.97 Å². The van der Waals surface area contributed by atoms with Crippen LogP contribution in [0.5, 0.6) is 0 Å². The van der Waals surface area contributed by atoms with Gasteiger partial charge in [0.1, 0.15) is 0 Å². The molecule has 21 heavy (non-hydrogen) atoms. The number of nitrogens with one attached hydrogen (secondary N) is 1. The molecule has 1 saturated heterocycles. The Hall–Kier alpha value is -0.610. The summed E-state index contributed by atoms with van der Waals surface area (Å²) in [6.45, 7) is 7.85. The highest BCUT2D eigenvalue weighted by Gasteiger charge is 2.31. The first-order valence-electron chi connectivity index (χ1n) is 8.66. The van der Waals surface area contributed by atoms with Gasteiger partial charge in [0.25, 0.3) is 0 Å². The predicted molar refractivity (Wildman–Crippen MR) is 85.2 cm³/mol. The van der Waals surface area contributed by atoms with Gasteiger partial charge in [-0.2, -0.15) is 0 Å². The van der Waals surface area contributed by atoms with Gasteiger partial charge in [0, 0.05) is 31.6 Å². The number of hydrogen-bond donors (Lipinski definition) is 1. The molecular formula is C17H32N2O2. The molecule has 0 aromatic rings. The van der Waals surface area contributed by atoms with E-state index < -0.39 is 0 Å². The summed E-state index contributed by atoms with van der Waals surface area (Å²) >= 11 is 0. The van der Waals surface area contributed by atoms with Gasteiger partial charge in [-0.15, -0.1) is 0 Å². The second kappa shape index (κ2) is 8.14. The maximum absolute atomic E-state index is 11.6. The monoisotopic (exact) mass is 296 g/mol. The van der Waals surface area contributed by atoms with Gasteiger partial charge in [-0.3, -0.25) is 9.69 Å². The first kappa shape index (κ1) is 16.8. The molecule has 0 bridgehead atoms. The molecule has 122 valence electrons. The average molecular weight is 296 g/mol. The van der Waals surface area contributed by atoms with Crippen LogP contribution in [0, 0.1) is 11.8 Å². The van der Waals surface area contributed by atoms with Crippen LogP contribution in [-0.4, -0.2) is 49.7 Å². The van der Waals surface area contributed by atoms with E-state index in [0.717, 1.165) is 32.0 Å². The molecule has 1 heterocycles. The van der Waals surface area contributed by atoms with Gasteiger partial charge >= 0.3 is 5.97 Å². The van der Waals surface area contributed by atoms with Crippen LogP contribution in [0.2, 0.25) is 0 Å². The lowest BCUT2D eigenvalue weighted by Crippen LogP contribution is -2.53. The van der Waals surface area contributed by atoms with Crippen LogP contribution in [0.15, 0.2) is 0 Å². The molecule has 2 rings (SSSR count). The van der Waals surface area contributed by atoms with Gasteiger partial charge in [0.05, 0.1) is 7.11 Å². The summed E-state index contributed by atoms with van der Waals surface area (Å²) in [6, 6.07) is 1.13. The van der Waals surface area contributed by atoms with Crippen LogP contribution in [0.4, 0.5) is 0 Å². The van der Waals surface area contributed by atoms with E-state index in [9.17, 15) is 4.79 Å². The highest BCUT2D eigenvalue weighted by Crippen LogP contribution is 2.27. The zero-order valence-corrected chi connectivity index (χ0v) is 13.9. The fourth-order valence-electron chi connectivity index (χ4n) is 3.50. The number of carbonyl (C=O) groups is 1. The molecule has 1 aliphatic carbocycles. The van der Waals surface area contributed by atoms with E-state index in [1.807, 2.05) is 0 Å². The molecule has 0 radical (unpaired) electrons. The molecule has 3 atom stereocenters. The topological polar surface area (TPSA) is 41.6 Å². The number of ether oxygens (including phenoxy) is 1. The number of likely N-dealkylation sites (tertiary alicyclic amines) is 1. The maximum atomic E-state index is 11.6. The van der Waals surface area contributed by atoms with Gasteiger partial charge in [0.15, 0.2) is 0 Å². The summed E-state index contributed by atoms with van der Waals surface area (Å²) in [7, 11) is 1.49. The van der Waals surface area contributed by atoms with Crippen LogP contribution in [0.3, 0.4) is 0 Å². The van der Waals surface area contributed by atoms with Gasteiger partial charge < -0.3 is 10.1 Å². The molecule has 2 fully saturated rings. The Bertz CT molecular complexity index is 331. The highest BCUT2D eigenvalue weighted by atomic mass is 16.5. The number of methoxy groups -OCH3 is 1. The van der Waals surface area contributed by atoms with Gasteiger partial charge in [-0.25, -0.2) is 0 Å². The maximum Gasteiger partial charge on any atom is 0.305 e. The van der Waals surface area contributed by atoms with Crippen LogP contribution in [0.1, 0.15) is 52.4 Å². The second-order valence-corrected chi connectivity index (χ2v) is 7.00. The molecule has 0 aromatic carbocycles. The Balaban J connectivity index is 1.86. The van der Waals surface area contributed by atoms with Gasteiger partial charge in [-0.05, 0) is 51.0 Å². The van der Waals surface area contributed by atoms with Crippen molar-refractivity contribution in [1.82, 2.24) is 10.2 Å². The Morgan fingerprint density at radius 2 is 2.10 bits per heavy atom. The molecule has 1 saturated carbocycles. The first-order valence-corrected chi connectivity index (χ1v) is 8.66. The molecule has 1 N–H and O–H groups in total. The van der Waals surface area contributed by atoms with Crippen molar-refractivity contribution in [3.63, 3.8) is 0 Å². The van der Waals surface area contributed by atoms with E-state index in [-0.39, 0.29) is 5.97 Å². The minimum atomic E-state index is -0.0660. The Morgan fingerprint density at radius 1 is 1.33 bits per heavy atom. The number of carbonyl (C=O) groups excluding carboxylic acids is 1. The molecule has 0 aromatic heterocycles. The summed E-state index contributed by atoms with van der Waals surface area (Å²) < 4.78 is 4.86. The Kier molecular flexibility index (Phi) is 6.49. The third-order valence-electron chi connectivity index (χ3n) is 5.38. The quantitative estimate of drug-likeness (QED) is 0.733. The van der Waals surface area contributed by atoms with Crippen molar-refractivity contribution in [1.29, 1.82) is 0 Å². The van der Waals surface area contributed by atoms with Crippen LogP contribution in [0.25, 0.3) is 0 Å². The molecule has 4 heteroatoms. The first-order chi connectivity index (χ1) is 10.1. The third kappa shape index (κ3) is 4.96. The van der Waals surface area contributed by atoms with Crippen LogP contribution >= 0.6 is 0 Å². The second-order valence-electron chi connectivity index (χ2n) is 7.00. The van der Waals surface area contributed by atoms with Crippen molar-refractivity contribution in [2.24, 2.45) is 11.8 Å². The largest absolute Gasteiger partial charge is 0.469 e. The number of rotatable bonds is 7. The SMILES string of the molecule is CCC(C)N1CC(CC(=O)OC)CC(NCC2CCC2)C1. The molecule has 4 nitrogen and oxygen atoms in total. The standard InChI is InChI=1S/C17H32N2O2/c1-4-13(2)19-11-15(9-17(20)21-3)8-16(12-19)18-10-14-6-5-7-14/h13-16,18H,4-12H2,1-3H3. The fourth-order valence-corrected chi connectivity index (χ4v) is 3.50. The normalized spacial score (nSPS) is 28.9. The summed E-state index contributed by atoms with van der Waals surface area (Å²) in [4.78, 5) is 14.1. The zero-order chi connectivity index (χ0) is 15.2. The average Bonchev–Trinajstić information content (AvgIpc) is 2.44. The fraction of sp³-hybridized carbons (Fsp3) is 0.941. The van der Waals surface area contributed by atoms with Crippen molar-refractivity contribution < 1.29 is 9.53 Å². The van der Waals surface area contributed by atoms with Crippen molar-refractivity contribution in [3.05, 3.63) is 0 Å². The minimum absolute atomic E-state index is 0.0660. The van der Waals surface area contributed by atoms with E-state index in [1.54, 1.807) is 0 Å². The van der Waals surface area contributed by atoms with Crippen LogP contribution < -0.4 is 5.32 Å². The predicted octanol–water partition coefficient (Wildman–Crippen LogP) is 2.43. The summed E-state index contributed by atoms with van der Waals surface area (Å²) in [6.07, 6.45) is 7.02. The number of nitrogens with zero attached hydrogens (tertiary/aromatic N) is 1. The molecular weight excluding hydrogens is 264 g/mol. The van der Waals surface area contributed by atoms with E-state index in [0.29, 0.717) is 24.4 Å². The lowest BCUT2D eigenvalue weighted by molar-refractivity contribution is -0.142. The molecule has 3 unspecified atom stereocenters. The number of hydrogen-bond acceptors (Lipinski definition) is 4. The van der Waals surface area contributed by atoms with Crippen molar-refractivity contribution in [2.45, 2.75) is 64.5 Å². The summed E-state index contributed by atoms with van der Waals surface area (Å²) in [5.74, 6) is 1.26. The molecule has 1 aliphatic heterocycles.